The lowest BCUT2D eigenvalue weighted by atomic mass is 10.1. The quantitative estimate of drug-likeness (QED) is 0.135. The molecule has 0 saturated carbocycles. The van der Waals surface area contributed by atoms with Crippen LogP contribution in [0.2, 0.25) is 36.3 Å². The van der Waals surface area contributed by atoms with Gasteiger partial charge in [-0.2, -0.15) is 0 Å². The highest BCUT2D eigenvalue weighted by molar-refractivity contribution is 6.75. The SMILES string of the molecule is C=CC[Si](CC=C)(CC=C)OCCC(CCCC)O[Si](CC=C)(CC=C)CC=C. The number of rotatable bonds is 21. The summed E-state index contributed by atoms with van der Waals surface area (Å²) in [4.78, 5) is 0. The first-order valence-electron chi connectivity index (χ1n) is 11.0. The zero-order valence-corrected chi connectivity index (χ0v) is 20.9. The lowest BCUT2D eigenvalue weighted by Gasteiger charge is -2.35. The molecule has 1 unspecified atom stereocenters. The van der Waals surface area contributed by atoms with E-state index in [2.05, 4.69) is 46.4 Å². The molecule has 0 bridgehead atoms. The molecule has 164 valence electrons. The molecular weight excluding hydrogens is 388 g/mol. The van der Waals surface area contributed by atoms with E-state index in [4.69, 9.17) is 8.85 Å². The largest absolute Gasteiger partial charge is 0.416 e. The van der Waals surface area contributed by atoms with Crippen molar-refractivity contribution >= 4 is 16.6 Å². The van der Waals surface area contributed by atoms with Crippen LogP contribution in [0.25, 0.3) is 0 Å². The number of hydrogen-bond acceptors (Lipinski definition) is 2. The van der Waals surface area contributed by atoms with Crippen molar-refractivity contribution in [1.29, 1.82) is 0 Å². The maximum Gasteiger partial charge on any atom is 0.204 e. The molecule has 0 aromatic heterocycles. The fraction of sp³-hybridized carbons (Fsp3) is 0.520. The Morgan fingerprint density at radius 1 is 0.655 bits per heavy atom. The summed E-state index contributed by atoms with van der Waals surface area (Å²) in [5.41, 5.74) is 0. The smallest absolute Gasteiger partial charge is 0.204 e. The highest BCUT2D eigenvalue weighted by atomic mass is 28.4. The molecule has 0 aromatic rings. The lowest BCUT2D eigenvalue weighted by molar-refractivity contribution is 0.138. The van der Waals surface area contributed by atoms with Gasteiger partial charge in [-0.3, -0.25) is 0 Å². The first kappa shape index (κ1) is 27.8. The second-order valence-corrected chi connectivity index (χ2v) is 15.5. The summed E-state index contributed by atoms with van der Waals surface area (Å²) < 4.78 is 13.4. The lowest BCUT2D eigenvalue weighted by Crippen LogP contribution is -2.42. The Morgan fingerprint density at radius 2 is 1.07 bits per heavy atom. The summed E-state index contributed by atoms with van der Waals surface area (Å²) in [5.74, 6) is 0. The minimum Gasteiger partial charge on any atom is -0.416 e. The number of allylic oxidation sites excluding steroid dienone is 6. The van der Waals surface area contributed by atoms with Crippen LogP contribution in [0.15, 0.2) is 75.9 Å². The van der Waals surface area contributed by atoms with Crippen LogP contribution in [0.3, 0.4) is 0 Å². The van der Waals surface area contributed by atoms with Crippen molar-refractivity contribution < 1.29 is 8.85 Å². The van der Waals surface area contributed by atoms with Crippen LogP contribution in [0, 0.1) is 0 Å². The molecule has 0 N–H and O–H groups in total. The van der Waals surface area contributed by atoms with Gasteiger partial charge in [-0.25, -0.2) is 0 Å². The summed E-state index contributed by atoms with van der Waals surface area (Å²) >= 11 is 0. The Kier molecular flexibility index (Phi) is 15.9. The summed E-state index contributed by atoms with van der Waals surface area (Å²) in [7, 11) is -3.94. The fourth-order valence-corrected chi connectivity index (χ4v) is 10.1. The van der Waals surface area contributed by atoms with Gasteiger partial charge < -0.3 is 8.85 Å². The molecule has 29 heavy (non-hydrogen) atoms. The zero-order chi connectivity index (χ0) is 22.0. The van der Waals surface area contributed by atoms with E-state index in [1.54, 1.807) is 0 Å². The monoisotopic (exact) mass is 432 g/mol. The van der Waals surface area contributed by atoms with E-state index in [1.165, 1.54) is 12.8 Å². The summed E-state index contributed by atoms with van der Waals surface area (Å²) in [6.45, 7) is 26.7. The van der Waals surface area contributed by atoms with E-state index in [0.29, 0.717) is 0 Å². The molecule has 0 rings (SSSR count). The van der Waals surface area contributed by atoms with E-state index < -0.39 is 16.6 Å². The summed E-state index contributed by atoms with van der Waals surface area (Å²) in [6, 6.07) is 5.55. The molecule has 4 heteroatoms. The zero-order valence-electron chi connectivity index (χ0n) is 18.9. The molecule has 0 amide bonds. The average Bonchev–Trinajstić information content (AvgIpc) is 2.67. The summed E-state index contributed by atoms with van der Waals surface area (Å²) in [6.07, 6.45) is 16.5. The van der Waals surface area contributed by atoms with Crippen LogP contribution in [0.4, 0.5) is 0 Å². The molecule has 0 radical (unpaired) electrons. The topological polar surface area (TPSA) is 18.5 Å². The van der Waals surface area contributed by atoms with Gasteiger partial charge in [0.2, 0.25) is 16.6 Å². The van der Waals surface area contributed by atoms with Crippen LogP contribution >= 0.6 is 0 Å². The van der Waals surface area contributed by atoms with Gasteiger partial charge in [0, 0.05) is 12.7 Å². The molecule has 0 aliphatic rings. The maximum absolute atomic E-state index is 6.86. The molecule has 0 aliphatic heterocycles. The highest BCUT2D eigenvalue weighted by Crippen LogP contribution is 2.29. The van der Waals surface area contributed by atoms with Gasteiger partial charge in [-0.05, 0) is 49.1 Å². The Hall–Kier alpha value is -1.21. The van der Waals surface area contributed by atoms with Gasteiger partial charge in [0.25, 0.3) is 0 Å². The van der Waals surface area contributed by atoms with Gasteiger partial charge in [0.15, 0.2) is 0 Å². The van der Waals surface area contributed by atoms with E-state index in [0.717, 1.165) is 55.7 Å². The Bertz CT molecular complexity index is 460. The van der Waals surface area contributed by atoms with E-state index in [9.17, 15) is 0 Å². The number of unbranched alkanes of at least 4 members (excludes halogenated alkanes) is 1. The molecule has 0 aromatic carbocycles. The van der Waals surface area contributed by atoms with Gasteiger partial charge in [-0.15, -0.1) is 39.5 Å². The second kappa shape index (κ2) is 16.6. The van der Waals surface area contributed by atoms with Crippen LogP contribution in [0.5, 0.6) is 0 Å². The second-order valence-electron chi connectivity index (χ2n) is 7.84. The van der Waals surface area contributed by atoms with Crippen molar-refractivity contribution in [2.45, 2.75) is 75.0 Å². The Morgan fingerprint density at radius 3 is 1.45 bits per heavy atom. The molecule has 0 heterocycles. The van der Waals surface area contributed by atoms with Gasteiger partial charge in [-0.1, -0.05) is 56.2 Å². The molecule has 2 nitrogen and oxygen atoms in total. The first-order valence-corrected chi connectivity index (χ1v) is 16.0. The predicted octanol–water partition coefficient (Wildman–Crippen LogP) is 7.98. The average molecular weight is 433 g/mol. The van der Waals surface area contributed by atoms with Crippen LogP contribution < -0.4 is 0 Å². The van der Waals surface area contributed by atoms with Crippen molar-refractivity contribution in [3.63, 3.8) is 0 Å². The fourth-order valence-electron chi connectivity index (χ4n) is 3.85. The van der Waals surface area contributed by atoms with Gasteiger partial charge in [0.05, 0.1) is 0 Å². The van der Waals surface area contributed by atoms with Crippen LogP contribution in [-0.4, -0.2) is 29.3 Å². The standard InChI is InChI=1S/C25H44O2Si2/c1-8-15-16-25(27-29(22-12-5,23-13-6)24-14-7)17-18-26-28(19-9-2,20-10-3)21-11-4/h9-14,25H,2-8,15-24H2,1H3. The molecular formula is C25H44O2Si2. The van der Waals surface area contributed by atoms with E-state index in [-0.39, 0.29) is 6.10 Å². The van der Waals surface area contributed by atoms with Crippen molar-refractivity contribution in [3.05, 3.63) is 75.9 Å². The molecule has 0 fully saturated rings. The first-order chi connectivity index (χ1) is 14.0. The third-order valence-corrected chi connectivity index (χ3v) is 13.1. The van der Waals surface area contributed by atoms with Gasteiger partial charge in [0.1, 0.15) is 0 Å². The molecule has 0 spiro atoms. The maximum atomic E-state index is 6.86. The minimum absolute atomic E-state index is 0.212. The van der Waals surface area contributed by atoms with Crippen molar-refractivity contribution in [2.24, 2.45) is 0 Å². The van der Waals surface area contributed by atoms with E-state index in [1.807, 2.05) is 36.5 Å². The summed E-state index contributed by atoms with van der Waals surface area (Å²) in [5, 5.41) is 0. The normalized spacial score (nSPS) is 12.7. The molecule has 0 saturated heterocycles. The molecule has 1 atom stereocenters. The third kappa shape index (κ3) is 10.9. The van der Waals surface area contributed by atoms with Crippen molar-refractivity contribution in [1.82, 2.24) is 0 Å². The third-order valence-electron chi connectivity index (χ3n) is 5.24. The minimum atomic E-state index is -2.00. The molecule has 0 aliphatic carbocycles. The van der Waals surface area contributed by atoms with Crippen molar-refractivity contribution in [2.75, 3.05) is 6.61 Å². The van der Waals surface area contributed by atoms with Gasteiger partial charge >= 0.3 is 0 Å². The Labute approximate surface area is 183 Å². The highest BCUT2D eigenvalue weighted by Gasteiger charge is 2.35. The predicted molar refractivity (Wildman–Crippen MR) is 136 cm³/mol. The van der Waals surface area contributed by atoms with Crippen LogP contribution in [0.1, 0.15) is 32.6 Å². The van der Waals surface area contributed by atoms with E-state index >= 15 is 0 Å². The Balaban J connectivity index is 5.28. The van der Waals surface area contributed by atoms with Crippen LogP contribution in [-0.2, 0) is 8.85 Å². The van der Waals surface area contributed by atoms with Crippen molar-refractivity contribution in [3.8, 4) is 0 Å². The number of hydrogen-bond donors (Lipinski definition) is 0.